The Hall–Kier alpha value is -2.94. The molecule has 0 saturated carbocycles. The first-order valence-corrected chi connectivity index (χ1v) is 13.3. The fourth-order valence-corrected chi connectivity index (χ4v) is 5.51. The normalized spacial score (nSPS) is 14.8. The zero-order chi connectivity index (χ0) is 23.2. The molecule has 5 rings (SSSR count). The number of thiophene rings is 1. The summed E-state index contributed by atoms with van der Waals surface area (Å²) in [6, 6.07) is 22.5. The highest BCUT2D eigenvalue weighted by atomic mass is 32.2. The van der Waals surface area contributed by atoms with Crippen molar-refractivity contribution in [2.24, 2.45) is 5.92 Å². The van der Waals surface area contributed by atoms with Crippen LogP contribution in [0.3, 0.4) is 0 Å². The van der Waals surface area contributed by atoms with Crippen molar-refractivity contribution in [2.75, 3.05) is 18.4 Å². The molecule has 8 heteroatoms. The van der Waals surface area contributed by atoms with Crippen molar-refractivity contribution in [3.63, 3.8) is 0 Å². The van der Waals surface area contributed by atoms with E-state index in [-0.39, 0.29) is 11.8 Å². The molecule has 2 aromatic carbocycles. The lowest BCUT2D eigenvalue weighted by Gasteiger charge is -2.30. The summed E-state index contributed by atoms with van der Waals surface area (Å²) < 4.78 is 5.42. The molecule has 6 nitrogen and oxygen atoms in total. The van der Waals surface area contributed by atoms with Gasteiger partial charge in [-0.2, -0.15) is 4.98 Å². The van der Waals surface area contributed by atoms with Gasteiger partial charge >= 0.3 is 0 Å². The predicted octanol–water partition coefficient (Wildman–Crippen LogP) is 5.94. The van der Waals surface area contributed by atoms with Gasteiger partial charge in [-0.05, 0) is 67.2 Å². The molecule has 0 aliphatic carbocycles. The molecule has 4 aromatic rings. The Labute approximate surface area is 207 Å². The van der Waals surface area contributed by atoms with E-state index in [1.807, 2.05) is 47.5 Å². The standard InChI is InChI=1S/C26H26N4O2S2/c31-26(27-21-10-8-19(9-11-21)18-34-22-5-2-1-3-6-22)20-12-14-30(15-13-20)17-24-28-25(29-32-24)23-7-4-16-33-23/h1-11,16,20H,12-15,17-18H2,(H,27,31). The number of likely N-dealkylation sites (tertiary alicyclic amines) is 1. The van der Waals surface area contributed by atoms with Crippen LogP contribution in [-0.2, 0) is 17.1 Å². The van der Waals surface area contributed by atoms with E-state index in [4.69, 9.17) is 4.52 Å². The minimum Gasteiger partial charge on any atom is -0.338 e. The van der Waals surface area contributed by atoms with Crippen LogP contribution in [0.2, 0.25) is 0 Å². The Kier molecular flexibility index (Phi) is 7.38. The number of nitrogens with one attached hydrogen (secondary N) is 1. The average Bonchev–Trinajstić information content (AvgIpc) is 3.57. The lowest BCUT2D eigenvalue weighted by molar-refractivity contribution is -0.121. The number of aromatic nitrogens is 2. The van der Waals surface area contributed by atoms with Crippen molar-refractivity contribution in [2.45, 2.75) is 30.0 Å². The molecule has 0 spiro atoms. The zero-order valence-corrected chi connectivity index (χ0v) is 20.4. The van der Waals surface area contributed by atoms with E-state index in [2.05, 4.69) is 56.8 Å². The molecule has 1 N–H and O–H groups in total. The van der Waals surface area contributed by atoms with Crippen LogP contribution in [0.1, 0.15) is 24.3 Å². The van der Waals surface area contributed by atoms with Gasteiger partial charge < -0.3 is 9.84 Å². The van der Waals surface area contributed by atoms with E-state index >= 15 is 0 Å². The van der Waals surface area contributed by atoms with Gasteiger partial charge in [0.2, 0.25) is 17.6 Å². The third-order valence-corrected chi connectivity index (χ3v) is 7.85. The summed E-state index contributed by atoms with van der Waals surface area (Å²) in [6.07, 6.45) is 1.65. The maximum absolute atomic E-state index is 12.8. The number of rotatable bonds is 8. The number of amides is 1. The topological polar surface area (TPSA) is 71.3 Å². The molecular formula is C26H26N4O2S2. The fraction of sp³-hybridized carbons (Fsp3) is 0.269. The average molecular weight is 491 g/mol. The molecule has 1 amide bonds. The first-order chi connectivity index (χ1) is 16.7. The molecular weight excluding hydrogens is 464 g/mol. The minimum atomic E-state index is 0.0222. The first-order valence-electron chi connectivity index (χ1n) is 11.4. The Morgan fingerprint density at radius 3 is 2.59 bits per heavy atom. The number of anilines is 1. The Morgan fingerprint density at radius 1 is 1.06 bits per heavy atom. The summed E-state index contributed by atoms with van der Waals surface area (Å²) in [5.74, 6) is 2.30. The second-order valence-electron chi connectivity index (χ2n) is 8.33. The molecule has 0 unspecified atom stereocenters. The van der Waals surface area contributed by atoms with Crippen molar-refractivity contribution in [1.29, 1.82) is 0 Å². The summed E-state index contributed by atoms with van der Waals surface area (Å²) in [7, 11) is 0. The van der Waals surface area contributed by atoms with E-state index in [0.717, 1.165) is 42.2 Å². The van der Waals surface area contributed by atoms with Gasteiger partial charge in [0.1, 0.15) is 0 Å². The van der Waals surface area contributed by atoms with Crippen LogP contribution in [0, 0.1) is 5.92 Å². The zero-order valence-electron chi connectivity index (χ0n) is 18.7. The number of benzene rings is 2. The van der Waals surface area contributed by atoms with Crippen molar-refractivity contribution < 1.29 is 9.32 Å². The molecule has 0 radical (unpaired) electrons. The van der Waals surface area contributed by atoms with E-state index in [0.29, 0.717) is 18.3 Å². The highest BCUT2D eigenvalue weighted by Gasteiger charge is 2.26. The van der Waals surface area contributed by atoms with Crippen LogP contribution < -0.4 is 5.32 Å². The molecule has 174 valence electrons. The van der Waals surface area contributed by atoms with Gasteiger partial charge in [0.05, 0.1) is 11.4 Å². The Morgan fingerprint density at radius 2 is 1.85 bits per heavy atom. The van der Waals surface area contributed by atoms with E-state index in [1.165, 1.54) is 10.5 Å². The number of nitrogens with zero attached hydrogens (tertiary/aromatic N) is 3. The van der Waals surface area contributed by atoms with E-state index in [1.54, 1.807) is 11.3 Å². The molecule has 1 aliphatic rings. The number of thioether (sulfide) groups is 1. The number of carbonyl (C=O) groups is 1. The van der Waals surface area contributed by atoms with Crippen molar-refractivity contribution in [3.8, 4) is 10.7 Å². The second kappa shape index (κ2) is 11.0. The summed E-state index contributed by atoms with van der Waals surface area (Å²) in [6.45, 7) is 2.30. The molecule has 3 heterocycles. The number of carbonyl (C=O) groups excluding carboxylic acids is 1. The highest BCUT2D eigenvalue weighted by Crippen LogP contribution is 2.25. The van der Waals surface area contributed by atoms with Gasteiger partial charge in [-0.15, -0.1) is 23.1 Å². The molecule has 34 heavy (non-hydrogen) atoms. The lowest BCUT2D eigenvalue weighted by atomic mass is 9.96. The predicted molar refractivity (Wildman–Crippen MR) is 137 cm³/mol. The Balaban J connectivity index is 1.06. The number of hydrogen-bond donors (Lipinski definition) is 1. The minimum absolute atomic E-state index is 0.0222. The van der Waals surface area contributed by atoms with Gasteiger partial charge in [0.15, 0.2) is 0 Å². The van der Waals surface area contributed by atoms with Gasteiger partial charge in [0, 0.05) is 22.3 Å². The largest absolute Gasteiger partial charge is 0.338 e. The first kappa shape index (κ1) is 22.8. The molecule has 1 saturated heterocycles. The second-order valence-corrected chi connectivity index (χ2v) is 10.3. The number of hydrogen-bond acceptors (Lipinski definition) is 7. The monoisotopic (exact) mass is 490 g/mol. The summed E-state index contributed by atoms with van der Waals surface area (Å²) >= 11 is 3.41. The van der Waals surface area contributed by atoms with E-state index < -0.39 is 0 Å². The summed E-state index contributed by atoms with van der Waals surface area (Å²) in [5.41, 5.74) is 2.09. The van der Waals surface area contributed by atoms with Crippen LogP contribution in [-0.4, -0.2) is 34.0 Å². The molecule has 1 fully saturated rings. The third kappa shape index (κ3) is 5.94. The number of piperidine rings is 1. The molecule has 1 aliphatic heterocycles. The SMILES string of the molecule is O=C(Nc1ccc(CSc2ccccc2)cc1)C1CCN(Cc2nc(-c3cccs3)no2)CC1. The van der Waals surface area contributed by atoms with E-state index in [9.17, 15) is 4.79 Å². The molecule has 0 atom stereocenters. The van der Waals surface area contributed by atoms with Crippen molar-refractivity contribution >= 4 is 34.7 Å². The van der Waals surface area contributed by atoms with Crippen molar-refractivity contribution in [3.05, 3.63) is 83.6 Å². The van der Waals surface area contributed by atoms with Crippen LogP contribution in [0.15, 0.2) is 81.5 Å². The lowest BCUT2D eigenvalue weighted by Crippen LogP contribution is -2.37. The highest BCUT2D eigenvalue weighted by molar-refractivity contribution is 7.98. The third-order valence-electron chi connectivity index (χ3n) is 5.90. The van der Waals surface area contributed by atoms with Gasteiger partial charge in [-0.3, -0.25) is 9.69 Å². The summed E-state index contributed by atoms with van der Waals surface area (Å²) in [4.78, 5) is 21.8. The molecule has 0 bridgehead atoms. The Bertz CT molecular complexity index is 1190. The fourth-order valence-electron chi connectivity index (χ4n) is 3.98. The van der Waals surface area contributed by atoms with Crippen LogP contribution >= 0.6 is 23.1 Å². The van der Waals surface area contributed by atoms with Crippen LogP contribution in [0.4, 0.5) is 5.69 Å². The van der Waals surface area contributed by atoms with Crippen molar-refractivity contribution in [1.82, 2.24) is 15.0 Å². The summed E-state index contributed by atoms with van der Waals surface area (Å²) in [5, 5.41) is 9.17. The maximum atomic E-state index is 12.8. The van der Waals surface area contributed by atoms with Gasteiger partial charge in [-0.1, -0.05) is 41.6 Å². The van der Waals surface area contributed by atoms with Gasteiger partial charge in [0.25, 0.3) is 0 Å². The van der Waals surface area contributed by atoms with Crippen LogP contribution in [0.5, 0.6) is 0 Å². The molecule has 2 aromatic heterocycles. The smallest absolute Gasteiger partial charge is 0.241 e. The maximum Gasteiger partial charge on any atom is 0.241 e. The van der Waals surface area contributed by atoms with Crippen LogP contribution in [0.25, 0.3) is 10.7 Å². The quantitative estimate of drug-likeness (QED) is 0.308. The van der Waals surface area contributed by atoms with Gasteiger partial charge in [-0.25, -0.2) is 0 Å².